The van der Waals surface area contributed by atoms with Gasteiger partial charge in [-0.3, -0.25) is 0 Å². The third-order valence-corrected chi connectivity index (χ3v) is 5.08. The number of hydrogen-bond donors (Lipinski definition) is 0. The highest BCUT2D eigenvalue weighted by Gasteiger charge is 2.27. The zero-order chi connectivity index (χ0) is 20.1. The van der Waals surface area contributed by atoms with Crippen LogP contribution in [0.2, 0.25) is 0 Å². The third-order valence-electron chi connectivity index (χ3n) is 5.08. The fourth-order valence-electron chi connectivity index (χ4n) is 3.39. The molecule has 2 aromatic carbocycles. The minimum atomic E-state index is -0.992. The molecule has 1 aliphatic heterocycles. The molecule has 150 valence electrons. The molecule has 1 aliphatic rings. The van der Waals surface area contributed by atoms with Crippen molar-refractivity contribution in [2.45, 2.75) is 44.8 Å². The summed E-state index contributed by atoms with van der Waals surface area (Å²) in [5.74, 6) is -2.46. The SMILES string of the molecule is C=Cc1ccc(-c2ccc(C3CCC(OCCCC)CO3)c(F)c2F)cc1F. The molecular formula is C23H25F3O2. The summed E-state index contributed by atoms with van der Waals surface area (Å²) >= 11 is 0. The first-order valence-corrected chi connectivity index (χ1v) is 9.68. The average Bonchev–Trinajstić information content (AvgIpc) is 2.71. The van der Waals surface area contributed by atoms with Gasteiger partial charge in [-0.05, 0) is 30.9 Å². The fourth-order valence-corrected chi connectivity index (χ4v) is 3.39. The van der Waals surface area contributed by atoms with Crippen molar-refractivity contribution in [3.63, 3.8) is 0 Å². The molecule has 0 aliphatic carbocycles. The van der Waals surface area contributed by atoms with Crippen molar-refractivity contribution < 1.29 is 22.6 Å². The third kappa shape index (κ3) is 4.47. The Morgan fingerprint density at radius 3 is 2.61 bits per heavy atom. The highest BCUT2D eigenvalue weighted by Crippen LogP contribution is 2.35. The van der Waals surface area contributed by atoms with Crippen molar-refractivity contribution in [3.05, 3.63) is 65.5 Å². The smallest absolute Gasteiger partial charge is 0.167 e. The summed E-state index contributed by atoms with van der Waals surface area (Å²) < 4.78 is 54.9. The van der Waals surface area contributed by atoms with Gasteiger partial charge in [0.05, 0.1) is 18.8 Å². The summed E-state index contributed by atoms with van der Waals surface area (Å²) in [6, 6.07) is 7.22. The molecule has 0 amide bonds. The predicted octanol–water partition coefficient (Wildman–Crippen LogP) is 6.45. The van der Waals surface area contributed by atoms with Crippen molar-refractivity contribution in [2.75, 3.05) is 13.2 Å². The minimum absolute atomic E-state index is 0.00123. The summed E-state index contributed by atoms with van der Waals surface area (Å²) in [5, 5.41) is 0. The second-order valence-corrected chi connectivity index (χ2v) is 7.02. The molecule has 1 saturated heterocycles. The number of benzene rings is 2. The lowest BCUT2D eigenvalue weighted by atomic mass is 9.95. The van der Waals surface area contributed by atoms with Crippen molar-refractivity contribution in [2.24, 2.45) is 0 Å². The fraction of sp³-hybridized carbons (Fsp3) is 0.391. The van der Waals surface area contributed by atoms with Crippen LogP contribution in [0.4, 0.5) is 13.2 Å². The van der Waals surface area contributed by atoms with Crippen molar-refractivity contribution in [1.29, 1.82) is 0 Å². The van der Waals surface area contributed by atoms with E-state index in [0.29, 0.717) is 25.2 Å². The second kappa shape index (κ2) is 9.39. The Morgan fingerprint density at radius 2 is 1.96 bits per heavy atom. The Hall–Kier alpha value is -2.11. The highest BCUT2D eigenvalue weighted by molar-refractivity contribution is 5.67. The molecule has 1 heterocycles. The molecule has 28 heavy (non-hydrogen) atoms. The first-order chi connectivity index (χ1) is 13.5. The zero-order valence-electron chi connectivity index (χ0n) is 16.0. The molecule has 0 bridgehead atoms. The van der Waals surface area contributed by atoms with Crippen LogP contribution in [0.5, 0.6) is 0 Å². The molecule has 0 radical (unpaired) electrons. The van der Waals surface area contributed by atoms with Gasteiger partial charge in [-0.15, -0.1) is 0 Å². The molecule has 5 heteroatoms. The lowest BCUT2D eigenvalue weighted by molar-refractivity contribution is -0.0881. The molecule has 0 aromatic heterocycles. The molecule has 2 nitrogen and oxygen atoms in total. The summed E-state index contributed by atoms with van der Waals surface area (Å²) in [7, 11) is 0. The molecule has 3 rings (SSSR count). The number of unbranched alkanes of at least 4 members (excludes halogenated alkanes) is 1. The molecule has 2 atom stereocenters. The Morgan fingerprint density at radius 1 is 1.14 bits per heavy atom. The van der Waals surface area contributed by atoms with Gasteiger partial charge in [-0.1, -0.05) is 50.3 Å². The minimum Gasteiger partial charge on any atom is -0.376 e. The van der Waals surface area contributed by atoms with E-state index in [2.05, 4.69) is 13.5 Å². The highest BCUT2D eigenvalue weighted by atomic mass is 19.2. The molecule has 0 saturated carbocycles. The standard InChI is InChI=1S/C23H25F3O2/c1-3-5-12-27-17-8-11-21(28-14-17)19-10-9-18(22(25)23(19)26)16-7-6-15(4-2)20(24)13-16/h4,6-7,9-10,13,17,21H,2-3,5,8,11-12,14H2,1H3. The van der Waals surface area contributed by atoms with Crippen LogP contribution >= 0.6 is 0 Å². The molecular weight excluding hydrogens is 365 g/mol. The van der Waals surface area contributed by atoms with Crippen LogP contribution < -0.4 is 0 Å². The monoisotopic (exact) mass is 390 g/mol. The molecule has 1 fully saturated rings. The van der Waals surface area contributed by atoms with Crippen LogP contribution in [0.3, 0.4) is 0 Å². The van der Waals surface area contributed by atoms with Gasteiger partial charge in [0.1, 0.15) is 5.82 Å². The van der Waals surface area contributed by atoms with Crippen molar-refractivity contribution in [3.8, 4) is 11.1 Å². The van der Waals surface area contributed by atoms with Crippen molar-refractivity contribution in [1.82, 2.24) is 0 Å². The van der Waals surface area contributed by atoms with Gasteiger partial charge >= 0.3 is 0 Å². The largest absolute Gasteiger partial charge is 0.376 e. The van der Waals surface area contributed by atoms with E-state index in [1.54, 1.807) is 6.07 Å². The maximum Gasteiger partial charge on any atom is 0.167 e. The Kier molecular flexibility index (Phi) is 6.92. The first kappa shape index (κ1) is 20.6. The Balaban J connectivity index is 1.74. The molecule has 2 unspecified atom stereocenters. The van der Waals surface area contributed by atoms with Crippen molar-refractivity contribution >= 4 is 6.08 Å². The Bertz CT molecular complexity index is 827. The van der Waals surface area contributed by atoms with Gasteiger partial charge in [0, 0.05) is 23.3 Å². The van der Waals surface area contributed by atoms with Crippen LogP contribution in [0.15, 0.2) is 36.9 Å². The van der Waals surface area contributed by atoms with E-state index < -0.39 is 23.6 Å². The van der Waals surface area contributed by atoms with Gasteiger partial charge in [-0.25, -0.2) is 13.2 Å². The molecule has 2 aromatic rings. The lowest BCUT2D eigenvalue weighted by Gasteiger charge is -2.29. The summed E-state index contributed by atoms with van der Waals surface area (Å²) in [5.41, 5.74) is 0.802. The average molecular weight is 390 g/mol. The van der Waals surface area contributed by atoms with Gasteiger partial charge in [-0.2, -0.15) is 0 Å². The predicted molar refractivity (Wildman–Crippen MR) is 104 cm³/mol. The van der Waals surface area contributed by atoms with Gasteiger partial charge in [0.25, 0.3) is 0 Å². The van der Waals surface area contributed by atoms with E-state index >= 15 is 0 Å². The second-order valence-electron chi connectivity index (χ2n) is 7.02. The summed E-state index contributed by atoms with van der Waals surface area (Å²) in [6.45, 7) is 6.67. The summed E-state index contributed by atoms with van der Waals surface area (Å²) in [6.07, 6.45) is 4.23. The number of halogens is 3. The summed E-state index contributed by atoms with van der Waals surface area (Å²) in [4.78, 5) is 0. The quantitative estimate of drug-likeness (QED) is 0.506. The van der Waals surface area contributed by atoms with E-state index in [1.807, 2.05) is 0 Å². The lowest BCUT2D eigenvalue weighted by Crippen LogP contribution is -2.28. The van der Waals surface area contributed by atoms with Crippen LogP contribution in [-0.2, 0) is 9.47 Å². The zero-order valence-corrected chi connectivity index (χ0v) is 16.0. The maximum absolute atomic E-state index is 14.7. The number of hydrogen-bond acceptors (Lipinski definition) is 2. The number of rotatable bonds is 7. The first-order valence-electron chi connectivity index (χ1n) is 9.68. The van der Waals surface area contributed by atoms with E-state index in [-0.39, 0.29) is 22.8 Å². The van der Waals surface area contributed by atoms with Crippen LogP contribution in [0.1, 0.15) is 49.8 Å². The van der Waals surface area contributed by atoms with E-state index in [1.165, 1.54) is 30.3 Å². The maximum atomic E-state index is 14.7. The van der Waals surface area contributed by atoms with E-state index in [0.717, 1.165) is 19.3 Å². The van der Waals surface area contributed by atoms with Gasteiger partial charge in [0.2, 0.25) is 0 Å². The van der Waals surface area contributed by atoms with E-state index in [9.17, 15) is 13.2 Å². The normalized spacial score (nSPS) is 19.6. The molecule has 0 N–H and O–H groups in total. The van der Waals surface area contributed by atoms with E-state index in [4.69, 9.17) is 9.47 Å². The van der Waals surface area contributed by atoms with Crippen LogP contribution in [0.25, 0.3) is 17.2 Å². The van der Waals surface area contributed by atoms with Gasteiger partial charge < -0.3 is 9.47 Å². The Labute approximate surface area is 164 Å². The van der Waals surface area contributed by atoms with Crippen LogP contribution in [0, 0.1) is 17.5 Å². The number of ether oxygens (including phenoxy) is 2. The van der Waals surface area contributed by atoms with Gasteiger partial charge in [0.15, 0.2) is 11.6 Å². The topological polar surface area (TPSA) is 18.5 Å². The molecule has 0 spiro atoms. The van der Waals surface area contributed by atoms with Crippen LogP contribution in [-0.4, -0.2) is 19.3 Å².